The van der Waals surface area contributed by atoms with Crippen molar-refractivity contribution in [3.05, 3.63) is 0 Å². The second-order valence-corrected chi connectivity index (χ2v) is 4.52. The van der Waals surface area contributed by atoms with Gasteiger partial charge in [-0.3, -0.25) is 4.79 Å². The highest BCUT2D eigenvalue weighted by atomic mass is 32.1. The van der Waals surface area contributed by atoms with Crippen LogP contribution in [0.5, 0.6) is 0 Å². The van der Waals surface area contributed by atoms with Crippen LogP contribution >= 0.6 is 12.6 Å². The lowest BCUT2D eigenvalue weighted by Crippen LogP contribution is -2.28. The van der Waals surface area contributed by atoms with E-state index in [2.05, 4.69) is 0 Å². The summed E-state index contributed by atoms with van der Waals surface area (Å²) < 4.78 is 4.14. The molecule has 65 valence electrons. The number of carbonyl (C=O) groups is 1. The van der Waals surface area contributed by atoms with Gasteiger partial charge in [0.15, 0.2) is 0 Å². The minimum Gasteiger partial charge on any atom is -0.464 e. The molecular formula is C8H15O2S. The van der Waals surface area contributed by atoms with E-state index in [1.165, 1.54) is 0 Å². The minimum absolute atomic E-state index is 0.304. The van der Waals surface area contributed by atoms with Gasteiger partial charge in [-0.2, -0.15) is 0 Å². The zero-order chi connectivity index (χ0) is 9.07. The van der Waals surface area contributed by atoms with Gasteiger partial charge in [0.2, 0.25) is 0 Å². The number of hydrogen-bond donors (Lipinski definition) is 0. The lowest BCUT2D eigenvalue weighted by molar-refractivity contribution is -0.146. The summed E-state index contributed by atoms with van der Waals surface area (Å²) in [6.07, 6.45) is 0. The van der Waals surface area contributed by atoms with Gasteiger partial charge in [0, 0.05) is 0 Å². The molecule has 0 saturated heterocycles. The van der Waals surface area contributed by atoms with Gasteiger partial charge in [-0.15, -0.1) is 0 Å². The Kier molecular flexibility index (Phi) is 3.93. The maximum Gasteiger partial charge on any atom is 0.322 e. The predicted octanol–water partition coefficient (Wildman–Crippen LogP) is 2.16. The summed E-state index contributed by atoms with van der Waals surface area (Å²) >= 11 is 4.89. The van der Waals surface area contributed by atoms with Gasteiger partial charge in [-0.05, 0) is 19.8 Å². The molecule has 0 saturated carbocycles. The van der Waals surface area contributed by atoms with Crippen molar-refractivity contribution < 1.29 is 9.53 Å². The average Bonchev–Trinajstić information content (AvgIpc) is 1.80. The Labute approximate surface area is 73.7 Å². The quantitative estimate of drug-likeness (QED) is 0.614. The van der Waals surface area contributed by atoms with Crippen LogP contribution in [0, 0.1) is 5.92 Å². The first-order chi connectivity index (χ1) is 4.84. The highest BCUT2D eigenvalue weighted by Gasteiger charge is 2.25. The Morgan fingerprint density at radius 3 is 2.27 bits per heavy atom. The normalized spacial score (nSPS) is 11.8. The molecule has 0 aliphatic carbocycles. The van der Waals surface area contributed by atoms with E-state index in [1.807, 2.05) is 13.8 Å². The first kappa shape index (κ1) is 10.8. The third-order valence-corrected chi connectivity index (χ3v) is 1.21. The molecule has 0 unspecified atom stereocenters. The molecule has 0 atom stereocenters. The van der Waals surface area contributed by atoms with Gasteiger partial charge in [0.25, 0.3) is 0 Å². The van der Waals surface area contributed by atoms with Crippen LogP contribution in [-0.4, -0.2) is 17.3 Å². The van der Waals surface area contributed by atoms with E-state index >= 15 is 0 Å². The van der Waals surface area contributed by atoms with Crippen LogP contribution in [-0.2, 0) is 9.53 Å². The third kappa shape index (κ3) is 5.13. The van der Waals surface area contributed by atoms with Crippen LogP contribution in [0.3, 0.4) is 0 Å². The van der Waals surface area contributed by atoms with Crippen LogP contribution in [0.2, 0.25) is 0 Å². The van der Waals surface area contributed by atoms with E-state index in [-0.39, 0.29) is 5.97 Å². The van der Waals surface area contributed by atoms with Gasteiger partial charge in [-0.1, -0.05) is 26.5 Å². The smallest absolute Gasteiger partial charge is 0.322 e. The standard InChI is InChI=1S/C8H15O2S/c1-6(2)5-10-7(9)8(3,4)11/h6H,5H2,1-4H3. The number of hydrogen-bond acceptors (Lipinski definition) is 2. The first-order valence-electron chi connectivity index (χ1n) is 3.71. The van der Waals surface area contributed by atoms with Crippen molar-refractivity contribution >= 4 is 18.6 Å². The lowest BCUT2D eigenvalue weighted by atomic mass is 10.2. The van der Waals surface area contributed by atoms with Gasteiger partial charge in [0.1, 0.15) is 4.75 Å². The summed E-state index contributed by atoms with van der Waals surface area (Å²) in [5, 5.41) is 0. The molecule has 0 amide bonds. The fourth-order valence-corrected chi connectivity index (χ4v) is 0.475. The SMILES string of the molecule is CC(C)COC(=O)C(C)(C)[S]. The van der Waals surface area contributed by atoms with Crippen molar-refractivity contribution in [2.24, 2.45) is 5.92 Å². The molecule has 1 radical (unpaired) electrons. The van der Waals surface area contributed by atoms with Crippen LogP contribution in [0.1, 0.15) is 27.7 Å². The van der Waals surface area contributed by atoms with Crippen LogP contribution in [0.15, 0.2) is 0 Å². The molecule has 0 aromatic carbocycles. The Hall–Kier alpha value is -0.180. The van der Waals surface area contributed by atoms with E-state index in [1.54, 1.807) is 13.8 Å². The molecule has 0 aromatic rings. The average molecular weight is 175 g/mol. The fourth-order valence-electron chi connectivity index (χ4n) is 0.416. The summed E-state index contributed by atoms with van der Waals surface area (Å²) in [4.78, 5) is 11.0. The maximum atomic E-state index is 11.0. The number of ether oxygens (including phenoxy) is 1. The molecule has 2 nitrogen and oxygen atoms in total. The number of carbonyl (C=O) groups excluding carboxylic acids is 1. The molecule has 3 heteroatoms. The molecule has 0 bridgehead atoms. The van der Waals surface area contributed by atoms with Crippen LogP contribution in [0.4, 0.5) is 0 Å². The molecule has 0 aromatic heterocycles. The van der Waals surface area contributed by atoms with Crippen molar-refractivity contribution in [3.8, 4) is 0 Å². The second-order valence-electron chi connectivity index (χ2n) is 3.50. The number of esters is 1. The molecular weight excluding hydrogens is 160 g/mol. The van der Waals surface area contributed by atoms with Gasteiger partial charge in [0.05, 0.1) is 6.61 Å². The Morgan fingerprint density at radius 1 is 1.55 bits per heavy atom. The molecule has 0 N–H and O–H groups in total. The second kappa shape index (κ2) is 4.00. The van der Waals surface area contributed by atoms with Crippen LogP contribution < -0.4 is 0 Å². The molecule has 0 spiro atoms. The first-order valence-corrected chi connectivity index (χ1v) is 4.12. The third-order valence-electron chi connectivity index (χ3n) is 1.04. The predicted molar refractivity (Wildman–Crippen MR) is 47.5 cm³/mol. The summed E-state index contributed by atoms with van der Waals surface area (Å²) in [6, 6.07) is 0. The van der Waals surface area contributed by atoms with E-state index in [0.29, 0.717) is 12.5 Å². The number of rotatable bonds is 3. The monoisotopic (exact) mass is 175 g/mol. The summed E-state index contributed by atoms with van der Waals surface area (Å²) in [7, 11) is 0. The van der Waals surface area contributed by atoms with E-state index in [0.717, 1.165) is 0 Å². The Morgan fingerprint density at radius 2 is 2.00 bits per heavy atom. The van der Waals surface area contributed by atoms with E-state index < -0.39 is 4.75 Å². The Balaban J connectivity index is 3.71. The van der Waals surface area contributed by atoms with Gasteiger partial charge in [-0.25, -0.2) is 0 Å². The van der Waals surface area contributed by atoms with E-state index in [9.17, 15) is 4.79 Å². The zero-order valence-corrected chi connectivity index (χ0v) is 8.33. The topological polar surface area (TPSA) is 26.3 Å². The van der Waals surface area contributed by atoms with E-state index in [4.69, 9.17) is 17.4 Å². The van der Waals surface area contributed by atoms with Crippen molar-refractivity contribution in [2.45, 2.75) is 32.4 Å². The maximum absolute atomic E-state index is 11.0. The molecule has 11 heavy (non-hydrogen) atoms. The van der Waals surface area contributed by atoms with Gasteiger partial charge >= 0.3 is 5.97 Å². The van der Waals surface area contributed by atoms with Crippen molar-refractivity contribution in [3.63, 3.8) is 0 Å². The minimum atomic E-state index is -0.783. The summed E-state index contributed by atoms with van der Waals surface area (Å²) in [5.74, 6) is 0.0671. The molecule has 0 heterocycles. The van der Waals surface area contributed by atoms with Crippen molar-refractivity contribution in [2.75, 3.05) is 6.61 Å². The lowest BCUT2D eigenvalue weighted by Gasteiger charge is -2.15. The summed E-state index contributed by atoms with van der Waals surface area (Å²) in [5.41, 5.74) is 0. The Bertz CT molecular complexity index is 136. The fraction of sp³-hybridized carbons (Fsp3) is 0.875. The summed E-state index contributed by atoms with van der Waals surface area (Å²) in [6.45, 7) is 7.78. The zero-order valence-electron chi connectivity index (χ0n) is 7.51. The highest BCUT2D eigenvalue weighted by Crippen LogP contribution is 2.14. The van der Waals surface area contributed by atoms with Gasteiger partial charge < -0.3 is 4.74 Å². The largest absolute Gasteiger partial charge is 0.464 e. The molecule has 0 aliphatic heterocycles. The van der Waals surface area contributed by atoms with Crippen LogP contribution in [0.25, 0.3) is 0 Å². The molecule has 0 aliphatic rings. The molecule has 0 rings (SSSR count). The highest BCUT2D eigenvalue weighted by molar-refractivity contribution is 7.82. The van der Waals surface area contributed by atoms with Crippen molar-refractivity contribution in [1.29, 1.82) is 0 Å². The van der Waals surface area contributed by atoms with Crippen molar-refractivity contribution in [1.82, 2.24) is 0 Å². The molecule has 0 fully saturated rings.